The van der Waals surface area contributed by atoms with E-state index >= 15 is 0 Å². The van der Waals surface area contributed by atoms with Crippen molar-refractivity contribution in [2.24, 2.45) is 23.7 Å². The Morgan fingerprint density at radius 1 is 1.42 bits per heavy atom. The van der Waals surface area contributed by atoms with Gasteiger partial charge in [0, 0.05) is 5.92 Å². The summed E-state index contributed by atoms with van der Waals surface area (Å²) in [4.78, 5) is 11.2. The molecule has 3 nitrogen and oxygen atoms in total. The van der Waals surface area contributed by atoms with Gasteiger partial charge in [-0.2, -0.15) is 0 Å². The second-order valence-corrected chi connectivity index (χ2v) is 3.88. The van der Waals surface area contributed by atoms with Crippen LogP contribution in [0.3, 0.4) is 0 Å². The molecule has 1 aliphatic heterocycles. The van der Waals surface area contributed by atoms with Crippen LogP contribution in [0.4, 0.5) is 0 Å². The lowest BCUT2D eigenvalue weighted by Crippen LogP contribution is -2.24. The zero-order valence-electron chi connectivity index (χ0n) is 6.51. The summed E-state index contributed by atoms with van der Waals surface area (Å²) in [6.07, 6.45) is 4.38. The van der Waals surface area contributed by atoms with Crippen molar-refractivity contribution in [1.29, 1.82) is 0 Å². The van der Waals surface area contributed by atoms with E-state index in [2.05, 4.69) is 12.2 Å². The van der Waals surface area contributed by atoms with E-state index in [4.69, 9.17) is 4.74 Å². The highest BCUT2D eigenvalue weighted by molar-refractivity contribution is 5.76. The summed E-state index contributed by atoms with van der Waals surface area (Å²) < 4.78 is 4.79. The number of esters is 1. The highest BCUT2D eigenvalue weighted by Crippen LogP contribution is 2.52. The zero-order valence-corrected chi connectivity index (χ0v) is 6.51. The molecule has 2 fully saturated rings. The lowest BCUT2D eigenvalue weighted by atomic mass is 9.85. The van der Waals surface area contributed by atoms with Crippen molar-refractivity contribution in [3.8, 4) is 0 Å². The van der Waals surface area contributed by atoms with Crippen LogP contribution in [0.5, 0.6) is 0 Å². The minimum Gasteiger partial charge on any atom is -0.435 e. The molecule has 1 unspecified atom stereocenters. The standard InChI is InChI=1S/C9H10O3/c10-8-6-4-1-2-5(3-4)7(6)9(11)12-8/h1-2,4-8,10H,3H2/t4-,5+,6-,7+,8?/m0/s1. The smallest absolute Gasteiger partial charge is 0.312 e. The van der Waals surface area contributed by atoms with Crippen molar-refractivity contribution in [3.63, 3.8) is 0 Å². The Labute approximate surface area is 70.0 Å². The van der Waals surface area contributed by atoms with Gasteiger partial charge in [-0.3, -0.25) is 4.79 Å². The van der Waals surface area contributed by atoms with Gasteiger partial charge in [0.15, 0.2) is 0 Å². The third-order valence-electron chi connectivity index (χ3n) is 3.36. The zero-order chi connectivity index (χ0) is 8.29. The van der Waals surface area contributed by atoms with Crippen LogP contribution >= 0.6 is 0 Å². The molecule has 2 bridgehead atoms. The van der Waals surface area contributed by atoms with Crippen LogP contribution in [0, 0.1) is 23.7 Å². The SMILES string of the molecule is O=C1OC(O)[C@@H]2[C@H]1[C@@H]1C=C[C@H]2C1. The number of hydrogen-bond donors (Lipinski definition) is 1. The Balaban J connectivity index is 2.03. The molecule has 1 saturated carbocycles. The molecule has 2 aliphatic carbocycles. The fourth-order valence-electron chi connectivity index (χ4n) is 2.86. The van der Waals surface area contributed by atoms with Crippen LogP contribution in [0.25, 0.3) is 0 Å². The van der Waals surface area contributed by atoms with Gasteiger partial charge < -0.3 is 9.84 Å². The van der Waals surface area contributed by atoms with Crippen LogP contribution in [-0.2, 0) is 9.53 Å². The Morgan fingerprint density at radius 2 is 2.17 bits per heavy atom. The second-order valence-electron chi connectivity index (χ2n) is 3.88. The number of ether oxygens (including phenoxy) is 1. The first kappa shape index (κ1) is 6.66. The van der Waals surface area contributed by atoms with Crippen molar-refractivity contribution in [3.05, 3.63) is 12.2 Å². The second kappa shape index (κ2) is 1.91. The van der Waals surface area contributed by atoms with Crippen LogP contribution in [-0.4, -0.2) is 17.4 Å². The van der Waals surface area contributed by atoms with E-state index < -0.39 is 6.29 Å². The van der Waals surface area contributed by atoms with Crippen molar-refractivity contribution >= 4 is 5.97 Å². The highest BCUT2D eigenvalue weighted by atomic mass is 16.6. The van der Waals surface area contributed by atoms with Crippen molar-refractivity contribution in [2.75, 3.05) is 0 Å². The molecule has 1 heterocycles. The predicted molar refractivity (Wildman–Crippen MR) is 39.8 cm³/mol. The lowest BCUT2D eigenvalue weighted by molar-refractivity contribution is -0.158. The summed E-state index contributed by atoms with van der Waals surface area (Å²) in [6.45, 7) is 0. The first-order valence-corrected chi connectivity index (χ1v) is 4.34. The lowest BCUT2D eigenvalue weighted by Gasteiger charge is -2.17. The number of aliphatic hydroxyl groups is 1. The topological polar surface area (TPSA) is 46.5 Å². The molecule has 0 amide bonds. The van der Waals surface area contributed by atoms with E-state index in [0.29, 0.717) is 11.8 Å². The summed E-state index contributed by atoms with van der Waals surface area (Å²) in [7, 11) is 0. The minimum absolute atomic E-state index is 0.0463. The molecule has 0 aromatic heterocycles. The van der Waals surface area contributed by atoms with Crippen LogP contribution in [0.15, 0.2) is 12.2 Å². The molecule has 64 valence electrons. The van der Waals surface area contributed by atoms with Crippen LogP contribution < -0.4 is 0 Å². The summed E-state index contributed by atoms with van der Waals surface area (Å²) in [5.74, 6) is 0.512. The van der Waals surface area contributed by atoms with Crippen LogP contribution in [0.1, 0.15) is 6.42 Å². The maximum Gasteiger partial charge on any atom is 0.312 e. The molecular weight excluding hydrogens is 156 g/mol. The van der Waals surface area contributed by atoms with Crippen LogP contribution in [0.2, 0.25) is 0 Å². The molecule has 5 atom stereocenters. The number of aliphatic hydroxyl groups excluding tert-OH is 1. The van der Waals surface area contributed by atoms with E-state index in [1.807, 2.05) is 0 Å². The summed E-state index contributed by atoms with van der Waals surface area (Å²) in [5.41, 5.74) is 0. The molecule has 0 aromatic carbocycles. The molecular formula is C9H10O3. The number of carbonyl (C=O) groups is 1. The first-order valence-electron chi connectivity index (χ1n) is 4.34. The van der Waals surface area contributed by atoms with Gasteiger partial charge in [-0.05, 0) is 18.3 Å². The van der Waals surface area contributed by atoms with Gasteiger partial charge in [0.25, 0.3) is 0 Å². The van der Waals surface area contributed by atoms with Gasteiger partial charge in [0.1, 0.15) is 0 Å². The number of fused-ring (bicyclic) bond motifs is 5. The van der Waals surface area contributed by atoms with Gasteiger partial charge in [-0.1, -0.05) is 12.2 Å². The van der Waals surface area contributed by atoms with Gasteiger partial charge in [-0.15, -0.1) is 0 Å². The van der Waals surface area contributed by atoms with E-state index in [0.717, 1.165) is 6.42 Å². The Morgan fingerprint density at radius 3 is 2.92 bits per heavy atom. The van der Waals surface area contributed by atoms with E-state index in [9.17, 15) is 9.90 Å². The number of allylic oxidation sites excluding steroid dienone is 2. The summed E-state index contributed by atoms with van der Waals surface area (Å²) >= 11 is 0. The number of rotatable bonds is 0. The number of carbonyl (C=O) groups excluding carboxylic acids is 1. The minimum atomic E-state index is -0.845. The van der Waals surface area contributed by atoms with Gasteiger partial charge in [0.05, 0.1) is 5.92 Å². The third kappa shape index (κ3) is 0.591. The average Bonchev–Trinajstić information content (AvgIpc) is 2.64. The molecule has 0 radical (unpaired) electrons. The molecule has 0 spiro atoms. The Kier molecular flexibility index (Phi) is 1.06. The molecule has 3 rings (SSSR count). The molecule has 0 aromatic rings. The predicted octanol–water partition coefficient (Wildman–Crippen LogP) is 0.300. The van der Waals surface area contributed by atoms with E-state index in [1.54, 1.807) is 0 Å². The number of cyclic esters (lactones) is 1. The van der Waals surface area contributed by atoms with E-state index in [-0.39, 0.29) is 17.8 Å². The van der Waals surface area contributed by atoms with Crippen molar-refractivity contribution in [2.45, 2.75) is 12.7 Å². The van der Waals surface area contributed by atoms with Gasteiger partial charge in [0.2, 0.25) is 6.29 Å². The molecule has 12 heavy (non-hydrogen) atoms. The maximum atomic E-state index is 11.2. The summed E-state index contributed by atoms with van der Waals surface area (Å²) in [6, 6.07) is 0. The van der Waals surface area contributed by atoms with Gasteiger partial charge >= 0.3 is 5.97 Å². The number of hydrogen-bond acceptors (Lipinski definition) is 3. The largest absolute Gasteiger partial charge is 0.435 e. The fraction of sp³-hybridized carbons (Fsp3) is 0.667. The highest BCUT2D eigenvalue weighted by Gasteiger charge is 2.57. The normalized spacial score (nSPS) is 54.4. The van der Waals surface area contributed by atoms with Crippen molar-refractivity contribution in [1.82, 2.24) is 0 Å². The van der Waals surface area contributed by atoms with E-state index in [1.165, 1.54) is 0 Å². The first-order chi connectivity index (χ1) is 5.77. The molecule has 1 saturated heterocycles. The quantitative estimate of drug-likeness (QED) is 0.416. The Bertz CT molecular complexity index is 271. The fourth-order valence-corrected chi connectivity index (χ4v) is 2.86. The molecule has 1 N–H and O–H groups in total. The molecule has 3 aliphatic rings. The Hall–Kier alpha value is -0.830. The maximum absolute atomic E-state index is 11.2. The van der Waals surface area contributed by atoms with Gasteiger partial charge in [-0.25, -0.2) is 0 Å². The molecule has 3 heteroatoms. The van der Waals surface area contributed by atoms with Crippen molar-refractivity contribution < 1.29 is 14.6 Å². The average molecular weight is 166 g/mol. The monoisotopic (exact) mass is 166 g/mol. The third-order valence-corrected chi connectivity index (χ3v) is 3.36. The summed E-state index contributed by atoms with van der Waals surface area (Å²) in [5, 5.41) is 9.41.